The number of carbonyl (C=O) groups is 1. The predicted octanol–water partition coefficient (Wildman–Crippen LogP) is 4.51. The minimum absolute atomic E-state index is 0.150. The standard InChI is InChI=1S/C16H17BrClN3O3S/c1-3-23-14(22)7-11-9-25-16(20-11)21-19-8-10-5-12(17)15(24-4-2)13(18)6-10/h5-6,8-9H,3-4,7H2,1-2H3,(H,20,21). The first-order chi connectivity index (χ1) is 12.0. The molecule has 0 radical (unpaired) electrons. The van der Waals surface area contributed by atoms with Crippen molar-refractivity contribution in [3.8, 4) is 5.75 Å². The molecule has 0 aliphatic heterocycles. The van der Waals surface area contributed by atoms with Gasteiger partial charge in [0, 0.05) is 5.38 Å². The Balaban J connectivity index is 1.97. The molecule has 0 saturated heterocycles. The third-order valence-corrected chi connectivity index (χ3v) is 4.53. The molecule has 1 heterocycles. The van der Waals surface area contributed by atoms with Crippen molar-refractivity contribution in [1.29, 1.82) is 0 Å². The SMILES string of the molecule is CCOC(=O)Cc1csc(NN=Cc2cc(Cl)c(OCC)c(Br)c2)n1. The fourth-order valence-electron chi connectivity index (χ4n) is 1.90. The molecule has 0 fully saturated rings. The Kier molecular flexibility index (Phi) is 7.67. The Hall–Kier alpha value is -1.64. The van der Waals surface area contributed by atoms with Gasteiger partial charge in [-0.2, -0.15) is 5.10 Å². The first kappa shape index (κ1) is 19.7. The monoisotopic (exact) mass is 445 g/mol. The molecule has 2 rings (SSSR count). The molecule has 9 heteroatoms. The Labute approximate surface area is 163 Å². The average Bonchev–Trinajstić information content (AvgIpc) is 2.98. The lowest BCUT2D eigenvalue weighted by atomic mass is 10.2. The van der Waals surface area contributed by atoms with Gasteiger partial charge in [0.05, 0.1) is 41.0 Å². The van der Waals surface area contributed by atoms with Gasteiger partial charge in [0.25, 0.3) is 0 Å². The number of anilines is 1. The zero-order chi connectivity index (χ0) is 18.2. The van der Waals surface area contributed by atoms with Gasteiger partial charge in [0.2, 0.25) is 5.13 Å². The lowest BCUT2D eigenvalue weighted by Crippen LogP contribution is -2.07. The molecule has 0 bridgehead atoms. The molecule has 0 unspecified atom stereocenters. The van der Waals surface area contributed by atoms with Crippen LogP contribution in [0.25, 0.3) is 0 Å². The number of esters is 1. The summed E-state index contributed by atoms with van der Waals surface area (Å²) in [5.41, 5.74) is 4.28. The molecule has 0 amide bonds. The highest BCUT2D eigenvalue weighted by molar-refractivity contribution is 9.10. The minimum atomic E-state index is -0.295. The van der Waals surface area contributed by atoms with Crippen molar-refractivity contribution in [2.75, 3.05) is 18.6 Å². The molecule has 6 nitrogen and oxygen atoms in total. The zero-order valence-electron chi connectivity index (χ0n) is 13.7. The van der Waals surface area contributed by atoms with Crippen LogP contribution in [0.1, 0.15) is 25.1 Å². The maximum absolute atomic E-state index is 11.4. The van der Waals surface area contributed by atoms with Crippen molar-refractivity contribution in [1.82, 2.24) is 4.98 Å². The summed E-state index contributed by atoms with van der Waals surface area (Å²) >= 11 is 11.0. The van der Waals surface area contributed by atoms with E-state index in [4.69, 9.17) is 21.1 Å². The molecule has 0 saturated carbocycles. The molecule has 1 aromatic heterocycles. The first-order valence-corrected chi connectivity index (χ1v) is 9.59. The van der Waals surface area contributed by atoms with Crippen molar-refractivity contribution in [3.63, 3.8) is 0 Å². The van der Waals surface area contributed by atoms with E-state index in [-0.39, 0.29) is 12.4 Å². The molecular weight excluding hydrogens is 430 g/mol. The molecule has 0 aliphatic rings. The van der Waals surface area contributed by atoms with Crippen molar-refractivity contribution >= 4 is 56.2 Å². The van der Waals surface area contributed by atoms with Crippen LogP contribution in [-0.4, -0.2) is 30.4 Å². The van der Waals surface area contributed by atoms with Crippen LogP contribution in [0.15, 0.2) is 27.1 Å². The molecule has 0 spiro atoms. The van der Waals surface area contributed by atoms with E-state index >= 15 is 0 Å². The highest BCUT2D eigenvalue weighted by Gasteiger charge is 2.09. The largest absolute Gasteiger partial charge is 0.491 e. The van der Waals surface area contributed by atoms with Gasteiger partial charge in [-0.05, 0) is 47.5 Å². The summed E-state index contributed by atoms with van der Waals surface area (Å²) in [6, 6.07) is 3.62. The highest BCUT2D eigenvalue weighted by Crippen LogP contribution is 2.34. The second kappa shape index (κ2) is 9.74. The number of hydrogen-bond acceptors (Lipinski definition) is 7. The number of hydrazone groups is 1. The van der Waals surface area contributed by atoms with Crippen LogP contribution in [0.3, 0.4) is 0 Å². The molecule has 2 aromatic rings. The molecular formula is C16H17BrClN3O3S. The number of nitrogens with zero attached hydrogens (tertiary/aromatic N) is 2. The lowest BCUT2D eigenvalue weighted by Gasteiger charge is -2.08. The van der Waals surface area contributed by atoms with Gasteiger partial charge in [0.1, 0.15) is 0 Å². The Morgan fingerprint density at radius 1 is 1.44 bits per heavy atom. The number of aromatic nitrogens is 1. The summed E-state index contributed by atoms with van der Waals surface area (Å²) in [7, 11) is 0. The van der Waals surface area contributed by atoms with Gasteiger partial charge < -0.3 is 9.47 Å². The zero-order valence-corrected chi connectivity index (χ0v) is 16.9. The van der Waals surface area contributed by atoms with E-state index in [0.717, 1.165) is 10.0 Å². The van der Waals surface area contributed by atoms with Crippen LogP contribution in [0.4, 0.5) is 5.13 Å². The van der Waals surface area contributed by atoms with Gasteiger partial charge >= 0.3 is 5.97 Å². The summed E-state index contributed by atoms with van der Waals surface area (Å²) in [5, 5.41) is 7.02. The van der Waals surface area contributed by atoms with E-state index in [2.05, 4.69) is 31.4 Å². The van der Waals surface area contributed by atoms with Crippen LogP contribution in [-0.2, 0) is 16.0 Å². The van der Waals surface area contributed by atoms with Crippen LogP contribution < -0.4 is 10.2 Å². The van der Waals surface area contributed by atoms with Crippen molar-refractivity contribution in [2.45, 2.75) is 20.3 Å². The molecule has 0 aliphatic carbocycles. The molecule has 1 aromatic carbocycles. The van der Waals surface area contributed by atoms with E-state index < -0.39 is 0 Å². The van der Waals surface area contributed by atoms with Gasteiger partial charge in [-0.3, -0.25) is 10.2 Å². The van der Waals surface area contributed by atoms with Crippen LogP contribution in [0, 0.1) is 0 Å². The molecule has 134 valence electrons. The van der Waals surface area contributed by atoms with Crippen LogP contribution >= 0.6 is 38.9 Å². The minimum Gasteiger partial charge on any atom is -0.491 e. The second-order valence-electron chi connectivity index (χ2n) is 4.74. The number of benzene rings is 1. The number of hydrogen-bond donors (Lipinski definition) is 1. The predicted molar refractivity (Wildman–Crippen MR) is 104 cm³/mol. The molecule has 25 heavy (non-hydrogen) atoms. The third kappa shape index (κ3) is 5.98. The fraction of sp³-hybridized carbons (Fsp3) is 0.312. The van der Waals surface area contributed by atoms with Gasteiger partial charge in [-0.15, -0.1) is 11.3 Å². The quantitative estimate of drug-likeness (QED) is 0.367. The summed E-state index contributed by atoms with van der Waals surface area (Å²) < 4.78 is 11.1. The topological polar surface area (TPSA) is 72.8 Å². The van der Waals surface area contributed by atoms with E-state index in [1.54, 1.807) is 24.6 Å². The van der Waals surface area contributed by atoms with Crippen LogP contribution in [0.5, 0.6) is 5.75 Å². The summed E-state index contributed by atoms with van der Waals surface area (Å²) in [6.45, 7) is 4.56. The first-order valence-electron chi connectivity index (χ1n) is 7.54. The Morgan fingerprint density at radius 3 is 2.92 bits per heavy atom. The van der Waals surface area contributed by atoms with Gasteiger partial charge in [0.15, 0.2) is 5.75 Å². The second-order valence-corrected chi connectivity index (χ2v) is 6.86. The van der Waals surface area contributed by atoms with Crippen molar-refractivity contribution in [3.05, 3.63) is 38.3 Å². The lowest BCUT2D eigenvalue weighted by molar-refractivity contribution is -0.142. The van der Waals surface area contributed by atoms with Crippen molar-refractivity contribution in [2.24, 2.45) is 5.10 Å². The number of nitrogens with one attached hydrogen (secondary N) is 1. The number of ether oxygens (including phenoxy) is 2. The van der Waals surface area contributed by atoms with Crippen LogP contribution in [0.2, 0.25) is 5.02 Å². The normalized spacial score (nSPS) is 10.9. The number of halogens is 2. The maximum atomic E-state index is 11.4. The van der Waals surface area contributed by atoms with E-state index in [0.29, 0.717) is 34.8 Å². The summed E-state index contributed by atoms with van der Waals surface area (Å²) in [4.78, 5) is 15.7. The molecule has 1 N–H and O–H groups in total. The van der Waals surface area contributed by atoms with E-state index in [9.17, 15) is 4.79 Å². The van der Waals surface area contributed by atoms with Gasteiger partial charge in [-0.25, -0.2) is 4.98 Å². The maximum Gasteiger partial charge on any atom is 0.311 e. The Bertz CT molecular complexity index is 744. The summed E-state index contributed by atoms with van der Waals surface area (Å²) in [6.07, 6.45) is 1.77. The van der Waals surface area contributed by atoms with E-state index in [1.165, 1.54) is 11.3 Å². The molecule has 0 atom stereocenters. The smallest absolute Gasteiger partial charge is 0.311 e. The summed E-state index contributed by atoms with van der Waals surface area (Å²) in [5.74, 6) is 0.314. The Morgan fingerprint density at radius 2 is 2.24 bits per heavy atom. The third-order valence-electron chi connectivity index (χ3n) is 2.87. The van der Waals surface area contributed by atoms with E-state index in [1.807, 2.05) is 13.0 Å². The number of thiazole rings is 1. The fourth-order valence-corrected chi connectivity index (χ4v) is 3.55. The number of carbonyl (C=O) groups excluding carboxylic acids is 1. The number of rotatable bonds is 8. The highest BCUT2D eigenvalue weighted by atomic mass is 79.9. The van der Waals surface area contributed by atoms with Gasteiger partial charge in [-0.1, -0.05) is 11.6 Å². The van der Waals surface area contributed by atoms with Crippen molar-refractivity contribution < 1.29 is 14.3 Å². The average molecular weight is 447 g/mol.